The topological polar surface area (TPSA) is 53.6 Å². The molecule has 1 amide bonds. The van der Waals surface area contributed by atoms with Gasteiger partial charge in [0, 0.05) is 38.8 Å². The molecule has 5 unspecified atom stereocenters. The Hall–Kier alpha value is -1.46. The smallest absolute Gasteiger partial charge is 0.255 e. The molecule has 4 bridgehead atoms. The first-order valence-electron chi connectivity index (χ1n) is 8.68. The number of benzene rings is 1. The van der Waals surface area contributed by atoms with Gasteiger partial charge < -0.3 is 15.4 Å². The number of halogens is 1. The molecule has 3 saturated heterocycles. The molecule has 4 fully saturated rings. The number of ether oxygens (including phenoxy) is 1. The van der Waals surface area contributed by atoms with Crippen molar-refractivity contribution in [1.82, 2.24) is 10.2 Å². The van der Waals surface area contributed by atoms with E-state index in [9.17, 15) is 4.79 Å². The predicted octanol–water partition coefficient (Wildman–Crippen LogP) is 2.46. The molecule has 3 aliphatic heterocycles. The Bertz CT molecular complexity index is 662. The summed E-state index contributed by atoms with van der Waals surface area (Å²) in [4.78, 5) is 15.3. The third kappa shape index (κ3) is 2.54. The van der Waals surface area contributed by atoms with E-state index >= 15 is 0 Å². The maximum Gasteiger partial charge on any atom is 0.255 e. The van der Waals surface area contributed by atoms with Crippen LogP contribution in [-0.4, -0.2) is 50.6 Å². The summed E-state index contributed by atoms with van der Waals surface area (Å²) >= 11 is 6.23. The van der Waals surface area contributed by atoms with Gasteiger partial charge in [0.15, 0.2) is 0 Å². The second kappa shape index (κ2) is 6.12. The minimum atomic E-state index is -0.108. The summed E-state index contributed by atoms with van der Waals surface area (Å²) in [6.07, 6.45) is 2.64. The standard InChI is InChI=1S/C18H24ClN3O2/c1-20-15-6-17(24-2)12(5-14(15)19)18(23)21-7-13-11-3-10-4-16(13)22(8-10)9-11/h5-6,10-11,13,16,20H,3-4,7-9H2,1-2H3,(H,21,23). The van der Waals surface area contributed by atoms with E-state index in [-0.39, 0.29) is 5.91 Å². The van der Waals surface area contributed by atoms with Gasteiger partial charge in [-0.1, -0.05) is 11.6 Å². The van der Waals surface area contributed by atoms with Crippen LogP contribution < -0.4 is 15.4 Å². The minimum Gasteiger partial charge on any atom is -0.496 e. The number of anilines is 1. The SMILES string of the molecule is CNc1cc(OC)c(C(=O)NCC2C3CC4CC2N(C4)C3)cc1Cl. The number of methoxy groups -OCH3 is 1. The Morgan fingerprint density at radius 3 is 2.92 bits per heavy atom. The van der Waals surface area contributed by atoms with Crippen LogP contribution in [0.5, 0.6) is 5.75 Å². The fraction of sp³-hybridized carbons (Fsp3) is 0.611. The summed E-state index contributed by atoms with van der Waals surface area (Å²) in [5.41, 5.74) is 1.25. The molecule has 0 radical (unpaired) electrons. The fourth-order valence-electron chi connectivity index (χ4n) is 4.99. The highest BCUT2D eigenvalue weighted by Gasteiger charge is 2.52. The molecule has 1 aromatic rings. The zero-order chi connectivity index (χ0) is 16.8. The van der Waals surface area contributed by atoms with Crippen molar-refractivity contribution in [2.75, 3.05) is 39.1 Å². The van der Waals surface area contributed by atoms with E-state index in [1.54, 1.807) is 26.3 Å². The van der Waals surface area contributed by atoms with Gasteiger partial charge in [-0.05, 0) is 36.7 Å². The van der Waals surface area contributed by atoms with E-state index < -0.39 is 0 Å². The van der Waals surface area contributed by atoms with Gasteiger partial charge in [0.2, 0.25) is 0 Å². The van der Waals surface area contributed by atoms with Crippen molar-refractivity contribution in [1.29, 1.82) is 0 Å². The molecular formula is C18H24ClN3O2. The summed E-state index contributed by atoms with van der Waals surface area (Å²) in [5.74, 6) is 2.67. The molecule has 5 rings (SSSR count). The van der Waals surface area contributed by atoms with Crippen molar-refractivity contribution in [3.8, 4) is 5.75 Å². The largest absolute Gasteiger partial charge is 0.496 e. The van der Waals surface area contributed by atoms with Crippen LogP contribution in [0.15, 0.2) is 12.1 Å². The molecule has 6 heteroatoms. The summed E-state index contributed by atoms with van der Waals surface area (Å²) < 4.78 is 5.37. The first kappa shape index (κ1) is 16.0. The Morgan fingerprint density at radius 2 is 2.21 bits per heavy atom. The third-order valence-electron chi connectivity index (χ3n) is 6.04. The Balaban J connectivity index is 1.46. The van der Waals surface area contributed by atoms with Crippen LogP contribution in [0.3, 0.4) is 0 Å². The van der Waals surface area contributed by atoms with Gasteiger partial charge >= 0.3 is 0 Å². The molecule has 0 spiro atoms. The summed E-state index contributed by atoms with van der Waals surface area (Å²) in [6, 6.07) is 4.12. The maximum atomic E-state index is 12.7. The third-order valence-corrected chi connectivity index (χ3v) is 6.36. The molecule has 3 heterocycles. The molecule has 0 aromatic heterocycles. The summed E-state index contributed by atoms with van der Waals surface area (Å²) in [6.45, 7) is 3.22. The quantitative estimate of drug-likeness (QED) is 0.857. The molecule has 130 valence electrons. The molecule has 1 aliphatic carbocycles. The molecule has 1 saturated carbocycles. The molecule has 5 nitrogen and oxygen atoms in total. The average Bonchev–Trinajstić information content (AvgIpc) is 3.00. The van der Waals surface area contributed by atoms with Gasteiger partial charge in [-0.25, -0.2) is 0 Å². The monoisotopic (exact) mass is 349 g/mol. The maximum absolute atomic E-state index is 12.7. The van der Waals surface area contributed by atoms with Crippen LogP contribution >= 0.6 is 11.6 Å². The van der Waals surface area contributed by atoms with Gasteiger partial charge in [-0.2, -0.15) is 0 Å². The first-order chi connectivity index (χ1) is 11.6. The zero-order valence-corrected chi connectivity index (χ0v) is 14.9. The zero-order valence-electron chi connectivity index (χ0n) is 14.1. The average molecular weight is 350 g/mol. The van der Waals surface area contributed by atoms with E-state index in [1.807, 2.05) is 0 Å². The second-order valence-electron chi connectivity index (χ2n) is 7.27. The number of amides is 1. The van der Waals surface area contributed by atoms with Crippen molar-refractivity contribution in [3.05, 3.63) is 22.7 Å². The Kier molecular flexibility index (Phi) is 4.09. The number of carbonyl (C=O) groups is 1. The van der Waals surface area contributed by atoms with Crippen molar-refractivity contribution < 1.29 is 9.53 Å². The number of piperidine rings is 1. The lowest BCUT2D eigenvalue weighted by molar-refractivity contribution is 0.0934. The Morgan fingerprint density at radius 1 is 1.38 bits per heavy atom. The van der Waals surface area contributed by atoms with Crippen molar-refractivity contribution in [2.24, 2.45) is 17.8 Å². The fourth-order valence-corrected chi connectivity index (χ4v) is 5.24. The normalized spacial score (nSPS) is 32.9. The number of nitrogens with zero attached hydrogens (tertiary/aromatic N) is 1. The van der Waals surface area contributed by atoms with E-state index in [1.165, 1.54) is 25.9 Å². The Labute approximate surface area is 147 Å². The predicted molar refractivity (Wildman–Crippen MR) is 94.9 cm³/mol. The van der Waals surface area contributed by atoms with Crippen LogP contribution in [0.2, 0.25) is 5.02 Å². The molecule has 1 aromatic carbocycles. The lowest BCUT2D eigenvalue weighted by atomic mass is 9.75. The number of hydrogen-bond donors (Lipinski definition) is 2. The number of hydrogen-bond acceptors (Lipinski definition) is 4. The molecule has 2 N–H and O–H groups in total. The number of carbonyl (C=O) groups excluding carboxylic acids is 1. The van der Waals surface area contributed by atoms with Gasteiger partial charge in [-0.15, -0.1) is 0 Å². The van der Waals surface area contributed by atoms with Gasteiger partial charge in [-0.3, -0.25) is 9.69 Å². The van der Waals surface area contributed by atoms with E-state index in [0.29, 0.717) is 28.3 Å². The van der Waals surface area contributed by atoms with Crippen LogP contribution in [0.1, 0.15) is 23.2 Å². The lowest BCUT2D eigenvalue weighted by Crippen LogP contribution is -2.38. The number of nitrogens with one attached hydrogen (secondary N) is 2. The van der Waals surface area contributed by atoms with Crippen molar-refractivity contribution in [2.45, 2.75) is 18.9 Å². The molecular weight excluding hydrogens is 326 g/mol. The van der Waals surface area contributed by atoms with E-state index in [4.69, 9.17) is 16.3 Å². The highest BCUT2D eigenvalue weighted by molar-refractivity contribution is 6.33. The number of rotatable bonds is 5. The van der Waals surface area contributed by atoms with Gasteiger partial charge in [0.1, 0.15) is 5.75 Å². The highest BCUT2D eigenvalue weighted by Crippen LogP contribution is 2.48. The molecule has 5 atom stereocenters. The lowest BCUT2D eigenvalue weighted by Gasteiger charge is -2.30. The summed E-state index contributed by atoms with van der Waals surface area (Å²) in [7, 11) is 3.36. The van der Waals surface area contributed by atoms with E-state index in [0.717, 1.165) is 24.1 Å². The molecule has 4 aliphatic rings. The first-order valence-corrected chi connectivity index (χ1v) is 9.06. The van der Waals surface area contributed by atoms with Crippen LogP contribution in [0.4, 0.5) is 5.69 Å². The van der Waals surface area contributed by atoms with E-state index in [2.05, 4.69) is 15.5 Å². The summed E-state index contributed by atoms with van der Waals surface area (Å²) in [5, 5.41) is 6.64. The molecule has 24 heavy (non-hydrogen) atoms. The highest BCUT2D eigenvalue weighted by atomic mass is 35.5. The van der Waals surface area contributed by atoms with Crippen LogP contribution in [0.25, 0.3) is 0 Å². The van der Waals surface area contributed by atoms with Gasteiger partial charge in [0.25, 0.3) is 5.91 Å². The minimum absolute atomic E-state index is 0.108. The second-order valence-corrected chi connectivity index (χ2v) is 7.68. The van der Waals surface area contributed by atoms with Crippen molar-refractivity contribution >= 4 is 23.2 Å². The van der Waals surface area contributed by atoms with Gasteiger partial charge in [0.05, 0.1) is 23.4 Å². The van der Waals surface area contributed by atoms with Crippen molar-refractivity contribution in [3.63, 3.8) is 0 Å². The van der Waals surface area contributed by atoms with Crippen LogP contribution in [-0.2, 0) is 0 Å². The van der Waals surface area contributed by atoms with Crippen LogP contribution in [0, 0.1) is 17.8 Å².